The van der Waals surface area contributed by atoms with E-state index in [0.717, 1.165) is 10.5 Å². The molecular weight excluding hydrogens is 371 g/mol. The largest absolute Gasteiger partial charge is 0.429 e. The lowest BCUT2D eigenvalue weighted by molar-refractivity contribution is 0.279. The molecule has 0 spiro atoms. The second kappa shape index (κ2) is 8.60. The highest BCUT2D eigenvalue weighted by Crippen LogP contribution is 2.40. The van der Waals surface area contributed by atoms with Crippen LogP contribution in [0.3, 0.4) is 0 Å². The summed E-state index contributed by atoms with van der Waals surface area (Å²) in [5.41, 5.74) is 0.842. The molecule has 0 radical (unpaired) electrons. The fourth-order valence-electron chi connectivity index (χ4n) is 1.75. The van der Waals surface area contributed by atoms with Gasteiger partial charge in [-0.2, -0.15) is 0 Å². The van der Waals surface area contributed by atoms with E-state index in [1.807, 2.05) is 0 Å². The van der Waals surface area contributed by atoms with Gasteiger partial charge in [0, 0.05) is 6.54 Å². The Bertz CT molecular complexity index is 561. The molecule has 22 heavy (non-hydrogen) atoms. The Hall–Kier alpha value is -0.200. The molecule has 0 aliphatic rings. The first kappa shape index (κ1) is 19.8. The van der Waals surface area contributed by atoms with Crippen molar-refractivity contribution in [1.82, 2.24) is 4.90 Å². The predicted molar refractivity (Wildman–Crippen MR) is 85.6 cm³/mol. The Labute approximate surface area is 134 Å². The molecule has 0 bridgehead atoms. The first-order valence-corrected chi connectivity index (χ1v) is 11.4. The van der Waals surface area contributed by atoms with Crippen molar-refractivity contribution in [2.75, 3.05) is 19.1 Å². The molecular formula is C10H16NO7P3S. The van der Waals surface area contributed by atoms with Crippen molar-refractivity contribution < 1.29 is 33.2 Å². The molecule has 0 saturated heterocycles. The molecule has 0 saturated carbocycles. The second-order valence-corrected chi connectivity index (χ2v) is 8.57. The van der Waals surface area contributed by atoms with Gasteiger partial charge in [0.05, 0.1) is 0 Å². The first-order chi connectivity index (χ1) is 10.1. The van der Waals surface area contributed by atoms with Crippen LogP contribution in [-0.2, 0) is 27.4 Å². The van der Waals surface area contributed by atoms with Crippen molar-refractivity contribution in [2.24, 2.45) is 0 Å². The van der Waals surface area contributed by atoms with Gasteiger partial charge in [0.25, 0.3) is 0 Å². The SMILES string of the molecule is O=P(O)(O)CN(CCc1ccc(OP=S)cc1)CP(=O)(O)O. The molecule has 0 fully saturated rings. The van der Waals surface area contributed by atoms with Crippen LogP contribution in [0.5, 0.6) is 5.75 Å². The lowest BCUT2D eigenvalue weighted by Crippen LogP contribution is -2.28. The molecule has 4 N–H and O–H groups in total. The second-order valence-electron chi connectivity index (χ2n) is 4.57. The Kier molecular flexibility index (Phi) is 7.75. The lowest BCUT2D eigenvalue weighted by Gasteiger charge is -2.22. The third-order valence-electron chi connectivity index (χ3n) is 2.55. The van der Waals surface area contributed by atoms with Gasteiger partial charge in [-0.05, 0) is 35.9 Å². The number of hydrogen-bond acceptors (Lipinski definition) is 5. The van der Waals surface area contributed by atoms with Gasteiger partial charge >= 0.3 is 15.2 Å². The van der Waals surface area contributed by atoms with Gasteiger partial charge in [-0.15, -0.1) is 0 Å². The van der Waals surface area contributed by atoms with E-state index in [1.165, 1.54) is 0 Å². The zero-order chi connectivity index (χ0) is 16.8. The maximum atomic E-state index is 11.0. The van der Waals surface area contributed by atoms with Crippen molar-refractivity contribution >= 4 is 34.6 Å². The third-order valence-corrected chi connectivity index (χ3v) is 4.60. The molecule has 1 rings (SSSR count). The fourth-order valence-corrected chi connectivity index (χ4v) is 3.90. The minimum atomic E-state index is -4.40. The van der Waals surface area contributed by atoms with Crippen LogP contribution in [-0.4, -0.2) is 43.6 Å². The molecule has 0 unspecified atom stereocenters. The number of rotatable bonds is 9. The summed E-state index contributed by atoms with van der Waals surface area (Å²) in [6.45, 7) is 0.107. The van der Waals surface area contributed by atoms with E-state index in [9.17, 15) is 9.13 Å². The molecule has 0 amide bonds. The lowest BCUT2D eigenvalue weighted by atomic mass is 10.1. The van der Waals surface area contributed by atoms with Gasteiger partial charge in [0.2, 0.25) is 7.58 Å². The minimum Gasteiger partial charge on any atom is -0.429 e. The van der Waals surface area contributed by atoms with Gasteiger partial charge in [0.1, 0.15) is 18.3 Å². The maximum absolute atomic E-state index is 11.0. The molecule has 1 aromatic rings. The highest BCUT2D eigenvalue weighted by atomic mass is 32.4. The van der Waals surface area contributed by atoms with Crippen LogP contribution < -0.4 is 4.52 Å². The molecule has 0 aromatic heterocycles. The summed E-state index contributed by atoms with van der Waals surface area (Å²) in [6, 6.07) is 6.90. The van der Waals surface area contributed by atoms with Crippen molar-refractivity contribution in [3.05, 3.63) is 29.8 Å². The van der Waals surface area contributed by atoms with E-state index in [4.69, 9.17) is 24.1 Å². The summed E-state index contributed by atoms with van der Waals surface area (Å²) < 4.78 is 27.1. The van der Waals surface area contributed by atoms with Crippen LogP contribution in [0.4, 0.5) is 0 Å². The van der Waals surface area contributed by atoms with Crippen LogP contribution in [0.1, 0.15) is 5.56 Å². The number of benzene rings is 1. The maximum Gasteiger partial charge on any atom is 0.339 e. The van der Waals surface area contributed by atoms with Crippen LogP contribution >= 0.6 is 22.8 Å². The van der Waals surface area contributed by atoms with Crippen molar-refractivity contribution in [3.8, 4) is 5.75 Å². The normalized spacial score (nSPS) is 12.8. The average Bonchev–Trinajstić information content (AvgIpc) is 2.34. The third kappa shape index (κ3) is 9.06. The highest BCUT2D eigenvalue weighted by molar-refractivity contribution is 7.94. The fraction of sp³-hybridized carbons (Fsp3) is 0.400. The van der Waals surface area contributed by atoms with Crippen LogP contribution in [0.15, 0.2) is 24.3 Å². The van der Waals surface area contributed by atoms with Crippen LogP contribution in [0.25, 0.3) is 0 Å². The molecule has 0 aliphatic heterocycles. The highest BCUT2D eigenvalue weighted by Gasteiger charge is 2.25. The number of nitrogens with zero attached hydrogens (tertiary/aromatic N) is 1. The van der Waals surface area contributed by atoms with Crippen molar-refractivity contribution in [3.63, 3.8) is 0 Å². The summed E-state index contributed by atoms with van der Waals surface area (Å²) in [5.74, 6) is 0.600. The Morgan fingerprint density at radius 3 is 1.95 bits per heavy atom. The molecule has 8 nitrogen and oxygen atoms in total. The smallest absolute Gasteiger partial charge is 0.339 e. The predicted octanol–water partition coefficient (Wildman–Crippen LogP) is 1.50. The topological polar surface area (TPSA) is 128 Å². The van der Waals surface area contributed by atoms with Crippen LogP contribution in [0.2, 0.25) is 0 Å². The molecule has 0 heterocycles. The molecule has 0 atom stereocenters. The summed E-state index contributed by atoms with van der Waals surface area (Å²) in [7, 11) is -8.44. The van der Waals surface area contributed by atoms with Gasteiger partial charge < -0.3 is 24.1 Å². The molecule has 0 aliphatic carbocycles. The van der Waals surface area contributed by atoms with Crippen molar-refractivity contribution in [2.45, 2.75) is 6.42 Å². The monoisotopic (exact) mass is 387 g/mol. The summed E-state index contributed by atoms with van der Waals surface area (Å²) in [4.78, 5) is 36.9. The van der Waals surface area contributed by atoms with E-state index in [-0.39, 0.29) is 6.54 Å². The quantitative estimate of drug-likeness (QED) is 0.466. The van der Waals surface area contributed by atoms with Gasteiger partial charge in [-0.25, -0.2) is 0 Å². The van der Waals surface area contributed by atoms with E-state index >= 15 is 0 Å². The first-order valence-electron chi connectivity index (χ1n) is 5.99. The minimum absolute atomic E-state index is 0.107. The molecule has 1 aromatic carbocycles. The Balaban J connectivity index is 2.67. The molecule has 124 valence electrons. The summed E-state index contributed by atoms with van der Waals surface area (Å²) in [5, 5.41) is 0. The van der Waals surface area contributed by atoms with E-state index in [1.54, 1.807) is 24.3 Å². The van der Waals surface area contributed by atoms with E-state index in [0.29, 0.717) is 19.8 Å². The van der Waals surface area contributed by atoms with E-state index in [2.05, 4.69) is 11.8 Å². The zero-order valence-corrected chi connectivity index (χ0v) is 14.8. The van der Waals surface area contributed by atoms with Gasteiger partial charge in [-0.3, -0.25) is 14.0 Å². The molecule has 12 heteroatoms. The van der Waals surface area contributed by atoms with Gasteiger partial charge in [-0.1, -0.05) is 12.1 Å². The summed E-state index contributed by atoms with van der Waals surface area (Å²) in [6.07, 6.45) is -1.02. The standard InChI is InChI=1S/C10H16NO7P3S/c12-20(13,14)7-11(8-21(15,16)17)6-5-9-1-3-10(4-2-9)18-19-22/h1-4H,5-8H2,(H2,12,13,14)(H2,15,16,17). The van der Waals surface area contributed by atoms with Gasteiger partial charge in [0.15, 0.2) is 0 Å². The van der Waals surface area contributed by atoms with Crippen LogP contribution in [0, 0.1) is 0 Å². The van der Waals surface area contributed by atoms with Crippen molar-refractivity contribution in [1.29, 1.82) is 0 Å². The Morgan fingerprint density at radius 1 is 1.05 bits per heavy atom. The Morgan fingerprint density at radius 2 is 1.55 bits per heavy atom. The average molecular weight is 387 g/mol. The number of hydrogen-bond donors (Lipinski definition) is 4. The summed E-state index contributed by atoms with van der Waals surface area (Å²) >= 11 is 4.65. The van der Waals surface area contributed by atoms with E-state index < -0.39 is 27.8 Å². The zero-order valence-electron chi connectivity index (χ0n) is 11.3.